The molecule has 1 aromatic carbocycles. The number of likely N-dealkylation sites (N-methyl/N-ethyl adjacent to an activating group) is 1. The second-order valence-electron chi connectivity index (χ2n) is 7.77. The molecule has 0 aliphatic carbocycles. The van der Waals surface area contributed by atoms with Crippen LogP contribution in [0.5, 0.6) is 5.75 Å². The van der Waals surface area contributed by atoms with Crippen molar-refractivity contribution in [1.29, 1.82) is 0 Å². The molecule has 0 bridgehead atoms. The minimum Gasteiger partial charge on any atom is -0.497 e. The molecule has 2 rings (SSSR count). The second kappa shape index (κ2) is 13.6. The number of halogens is 1. The fourth-order valence-electron chi connectivity index (χ4n) is 3.53. The molecule has 32 heavy (non-hydrogen) atoms. The van der Waals surface area contributed by atoms with Gasteiger partial charge in [0, 0.05) is 31.9 Å². The number of ether oxygens (including phenoxy) is 1. The van der Waals surface area contributed by atoms with Crippen LogP contribution < -0.4 is 15.4 Å². The molecule has 0 spiro atoms. The largest absolute Gasteiger partial charge is 0.497 e. The van der Waals surface area contributed by atoms with Gasteiger partial charge in [0.2, 0.25) is 0 Å². The van der Waals surface area contributed by atoms with Gasteiger partial charge in [-0.2, -0.15) is 5.10 Å². The van der Waals surface area contributed by atoms with E-state index in [1.165, 1.54) is 5.56 Å². The van der Waals surface area contributed by atoms with E-state index in [-0.39, 0.29) is 36.6 Å². The molecule has 0 saturated heterocycles. The average molecular weight is 559 g/mol. The van der Waals surface area contributed by atoms with Crippen LogP contribution in [0.15, 0.2) is 41.7 Å². The first kappa shape index (κ1) is 28.2. The molecule has 1 heterocycles. The number of benzene rings is 1. The van der Waals surface area contributed by atoms with Crippen molar-refractivity contribution in [2.24, 2.45) is 12.0 Å². The molecule has 0 saturated carbocycles. The highest BCUT2D eigenvalue weighted by Crippen LogP contribution is 2.24. The maximum Gasteiger partial charge on any atom is 0.191 e. The van der Waals surface area contributed by atoms with Crippen LogP contribution in [0.1, 0.15) is 44.9 Å². The topological polar surface area (TPSA) is 86.9 Å². The number of nitrogens with one attached hydrogen (secondary N) is 2. The van der Waals surface area contributed by atoms with Crippen LogP contribution in [0.2, 0.25) is 0 Å². The zero-order valence-corrected chi connectivity index (χ0v) is 22.5. The van der Waals surface area contributed by atoms with Crippen LogP contribution in [0, 0.1) is 0 Å². The van der Waals surface area contributed by atoms with Crippen molar-refractivity contribution >= 4 is 29.9 Å². The highest BCUT2D eigenvalue weighted by molar-refractivity contribution is 14.0. The monoisotopic (exact) mass is 558 g/mol. The number of aryl methyl sites for hydroxylation is 1. The third-order valence-corrected chi connectivity index (χ3v) is 5.41. The molecule has 2 atom stereocenters. The van der Waals surface area contributed by atoms with E-state index in [0.717, 1.165) is 30.9 Å². The van der Waals surface area contributed by atoms with Gasteiger partial charge in [0.15, 0.2) is 5.96 Å². The third-order valence-electron chi connectivity index (χ3n) is 5.41. The maximum absolute atomic E-state index is 10.9. The molecule has 0 fully saturated rings. The molecule has 0 aliphatic heterocycles. The molecule has 0 radical (unpaired) electrons. The first-order chi connectivity index (χ1) is 14.8. The first-order valence-corrected chi connectivity index (χ1v) is 11.0. The minimum absolute atomic E-state index is 0. The predicted molar refractivity (Wildman–Crippen MR) is 141 cm³/mol. The van der Waals surface area contributed by atoms with Gasteiger partial charge in [-0.1, -0.05) is 26.0 Å². The summed E-state index contributed by atoms with van der Waals surface area (Å²) in [6, 6.07) is 8.36. The summed E-state index contributed by atoms with van der Waals surface area (Å²) in [6.45, 7) is 11.6. The zero-order chi connectivity index (χ0) is 22.9. The number of guanidine groups is 1. The fraction of sp³-hybridized carbons (Fsp3) is 0.565. The molecule has 9 heteroatoms. The fourth-order valence-corrected chi connectivity index (χ4v) is 3.53. The highest BCUT2D eigenvalue weighted by atomic mass is 127. The van der Waals surface area contributed by atoms with Gasteiger partial charge >= 0.3 is 0 Å². The van der Waals surface area contributed by atoms with E-state index < -0.39 is 5.60 Å². The highest BCUT2D eigenvalue weighted by Gasteiger charge is 2.25. The lowest BCUT2D eigenvalue weighted by Crippen LogP contribution is -2.44. The summed E-state index contributed by atoms with van der Waals surface area (Å²) >= 11 is 0. The van der Waals surface area contributed by atoms with Crippen LogP contribution in [-0.2, 0) is 12.6 Å². The van der Waals surface area contributed by atoms with Gasteiger partial charge in [0.05, 0.1) is 25.9 Å². The van der Waals surface area contributed by atoms with E-state index in [1.807, 2.05) is 32.3 Å². The van der Waals surface area contributed by atoms with Crippen LogP contribution in [-0.4, -0.2) is 65.6 Å². The Morgan fingerprint density at radius 1 is 1.28 bits per heavy atom. The minimum atomic E-state index is -1.10. The Balaban J connectivity index is 0.00000512. The van der Waals surface area contributed by atoms with E-state index in [0.29, 0.717) is 12.5 Å². The average Bonchev–Trinajstić information content (AvgIpc) is 3.22. The van der Waals surface area contributed by atoms with E-state index in [9.17, 15) is 5.11 Å². The number of aliphatic hydroxyl groups is 1. The van der Waals surface area contributed by atoms with Crippen molar-refractivity contribution in [3.05, 3.63) is 47.8 Å². The SMILES string of the molecule is CCNC(=NCC(C)(O)c1cnn(C)c1)NCC(c1cccc(OC)c1)N(CC)CC.I. The summed E-state index contributed by atoms with van der Waals surface area (Å²) in [5, 5.41) is 21.7. The van der Waals surface area contributed by atoms with E-state index >= 15 is 0 Å². The number of methoxy groups -OCH3 is 1. The standard InChI is InChI=1S/C23H38N6O2.HI/c1-7-24-22(26-17-23(4,30)19-14-27-28(5)16-19)25-15-21(29(8-2)9-3)18-11-10-12-20(13-18)31-6;/h10-14,16,21,30H,7-9,15,17H2,1-6H3,(H2,24,25,26);1H. The van der Waals surface area contributed by atoms with Gasteiger partial charge in [-0.3, -0.25) is 9.58 Å². The number of rotatable bonds is 11. The molecule has 3 N–H and O–H groups in total. The molecule has 2 aromatic rings. The molecule has 8 nitrogen and oxygen atoms in total. The smallest absolute Gasteiger partial charge is 0.191 e. The van der Waals surface area contributed by atoms with Crippen LogP contribution in [0.25, 0.3) is 0 Å². The third kappa shape index (κ3) is 7.93. The summed E-state index contributed by atoms with van der Waals surface area (Å²) in [5.74, 6) is 1.52. The lowest BCUT2D eigenvalue weighted by Gasteiger charge is -2.31. The first-order valence-electron chi connectivity index (χ1n) is 11.0. The normalized spacial score (nSPS) is 14.4. The molecule has 0 amide bonds. The number of nitrogens with zero attached hydrogens (tertiary/aromatic N) is 4. The molecule has 0 aliphatic rings. The quantitative estimate of drug-likeness (QED) is 0.224. The van der Waals surface area contributed by atoms with Gasteiger partial charge in [0.1, 0.15) is 11.4 Å². The zero-order valence-electron chi connectivity index (χ0n) is 20.1. The Kier molecular flexibility index (Phi) is 12.0. The molecule has 2 unspecified atom stereocenters. The Hall–Kier alpha value is -1.85. The molecule has 1 aromatic heterocycles. The maximum atomic E-state index is 10.9. The van der Waals surface area contributed by atoms with Crippen molar-refractivity contribution in [2.75, 3.05) is 39.8 Å². The van der Waals surface area contributed by atoms with Gasteiger partial charge in [-0.15, -0.1) is 24.0 Å². The van der Waals surface area contributed by atoms with Crippen LogP contribution in [0.4, 0.5) is 0 Å². The predicted octanol–water partition coefficient (Wildman–Crippen LogP) is 2.89. The van der Waals surface area contributed by atoms with Gasteiger partial charge in [-0.05, 0) is 44.6 Å². The Bertz CT molecular complexity index is 835. The number of aromatic nitrogens is 2. The van der Waals surface area contributed by atoms with Crippen molar-refractivity contribution in [2.45, 2.75) is 39.3 Å². The Morgan fingerprint density at radius 2 is 2.00 bits per heavy atom. The summed E-state index contributed by atoms with van der Waals surface area (Å²) in [6.07, 6.45) is 3.49. The van der Waals surface area contributed by atoms with Crippen LogP contribution >= 0.6 is 24.0 Å². The number of aliphatic imine (C=N–C) groups is 1. The number of hydrogen-bond acceptors (Lipinski definition) is 5. The van der Waals surface area contributed by atoms with E-state index in [1.54, 1.807) is 24.9 Å². The van der Waals surface area contributed by atoms with E-state index in [2.05, 4.69) is 51.6 Å². The Morgan fingerprint density at radius 3 is 2.56 bits per heavy atom. The van der Waals surface area contributed by atoms with Crippen molar-refractivity contribution in [1.82, 2.24) is 25.3 Å². The molecule has 180 valence electrons. The van der Waals surface area contributed by atoms with Gasteiger partial charge in [0.25, 0.3) is 0 Å². The van der Waals surface area contributed by atoms with E-state index in [4.69, 9.17) is 4.74 Å². The van der Waals surface area contributed by atoms with Crippen molar-refractivity contribution < 1.29 is 9.84 Å². The van der Waals surface area contributed by atoms with Crippen molar-refractivity contribution in [3.63, 3.8) is 0 Å². The van der Waals surface area contributed by atoms with Gasteiger partial charge in [-0.25, -0.2) is 4.99 Å². The summed E-state index contributed by atoms with van der Waals surface area (Å²) in [7, 11) is 3.52. The number of hydrogen-bond donors (Lipinski definition) is 3. The van der Waals surface area contributed by atoms with Gasteiger partial charge < -0.3 is 20.5 Å². The van der Waals surface area contributed by atoms with Crippen LogP contribution in [0.3, 0.4) is 0 Å². The summed E-state index contributed by atoms with van der Waals surface area (Å²) < 4.78 is 7.11. The summed E-state index contributed by atoms with van der Waals surface area (Å²) in [5.41, 5.74) is 0.836. The molecular weight excluding hydrogens is 519 g/mol. The molecular formula is C23H39IN6O2. The summed E-state index contributed by atoms with van der Waals surface area (Å²) in [4.78, 5) is 7.05. The second-order valence-corrected chi connectivity index (χ2v) is 7.77. The van der Waals surface area contributed by atoms with Crippen molar-refractivity contribution in [3.8, 4) is 5.75 Å². The Labute approximate surface area is 209 Å². The lowest BCUT2D eigenvalue weighted by molar-refractivity contribution is 0.0671. The lowest BCUT2D eigenvalue weighted by atomic mass is 10.0.